The van der Waals surface area contributed by atoms with Gasteiger partial charge in [0.05, 0.1) is 11.9 Å². The normalized spacial score (nSPS) is 13.8. The first-order valence-corrected chi connectivity index (χ1v) is 13.0. The molecule has 2 N–H and O–H groups in total. The van der Waals surface area contributed by atoms with Crippen molar-refractivity contribution in [3.05, 3.63) is 71.7 Å². The van der Waals surface area contributed by atoms with Crippen LogP contribution >= 0.6 is 0 Å². The van der Waals surface area contributed by atoms with Gasteiger partial charge in [0.1, 0.15) is 6.07 Å². The van der Waals surface area contributed by atoms with Crippen molar-refractivity contribution in [3.63, 3.8) is 0 Å². The smallest absolute Gasteiger partial charge is 0.254 e. The minimum absolute atomic E-state index is 0.0137. The van der Waals surface area contributed by atoms with Crippen LogP contribution in [0.2, 0.25) is 0 Å². The number of imidazole rings is 1. The summed E-state index contributed by atoms with van der Waals surface area (Å²) in [6.07, 6.45) is 6.54. The van der Waals surface area contributed by atoms with Crippen LogP contribution in [-0.2, 0) is 0 Å². The lowest BCUT2D eigenvalue weighted by atomic mass is 9.96. The Bertz CT molecular complexity index is 1590. The first-order valence-electron chi connectivity index (χ1n) is 13.0. The van der Waals surface area contributed by atoms with Crippen LogP contribution < -0.4 is 15.4 Å². The van der Waals surface area contributed by atoms with E-state index in [9.17, 15) is 13.6 Å². The van der Waals surface area contributed by atoms with E-state index in [1.807, 2.05) is 37.1 Å². The molecule has 2 aromatic heterocycles. The molecule has 0 spiro atoms. The molecule has 0 radical (unpaired) electrons. The van der Waals surface area contributed by atoms with Gasteiger partial charge in [-0.1, -0.05) is 0 Å². The first kappa shape index (κ1) is 27.0. The van der Waals surface area contributed by atoms with Crippen molar-refractivity contribution in [3.8, 4) is 23.1 Å². The summed E-state index contributed by atoms with van der Waals surface area (Å²) in [4.78, 5) is 23.9. The van der Waals surface area contributed by atoms with Crippen LogP contribution in [0.25, 0.3) is 16.9 Å². The summed E-state index contributed by atoms with van der Waals surface area (Å²) in [6, 6.07) is 9.89. The molecule has 40 heavy (non-hydrogen) atoms. The summed E-state index contributed by atoms with van der Waals surface area (Å²) in [6.45, 7) is 3.97. The van der Waals surface area contributed by atoms with Gasteiger partial charge in [0.25, 0.3) is 5.91 Å². The molecule has 0 aliphatic carbocycles. The van der Waals surface area contributed by atoms with Gasteiger partial charge in [0.15, 0.2) is 29.6 Å². The predicted molar refractivity (Wildman–Crippen MR) is 146 cm³/mol. The number of nitrogens with zero attached hydrogens (tertiary/aromatic N) is 5. The number of piperidine rings is 1. The number of aromatic nitrogens is 3. The molecule has 11 heteroatoms. The Morgan fingerprint density at radius 2 is 1.98 bits per heavy atom. The fraction of sp³-hybridized carbons (Fsp3) is 0.310. The molecule has 1 fully saturated rings. The molecular formula is C29H29F2N7O2. The van der Waals surface area contributed by atoms with Gasteiger partial charge in [0, 0.05) is 42.3 Å². The summed E-state index contributed by atoms with van der Waals surface area (Å²) < 4.78 is 36.0. The van der Waals surface area contributed by atoms with E-state index in [-0.39, 0.29) is 17.2 Å². The van der Waals surface area contributed by atoms with E-state index in [1.54, 1.807) is 16.7 Å². The van der Waals surface area contributed by atoms with Gasteiger partial charge >= 0.3 is 0 Å². The average molecular weight is 546 g/mol. The second-order valence-electron chi connectivity index (χ2n) is 9.75. The van der Waals surface area contributed by atoms with E-state index in [4.69, 9.17) is 10.00 Å². The number of ether oxygens (including phenoxy) is 1. The van der Waals surface area contributed by atoms with Crippen LogP contribution in [-0.4, -0.2) is 58.5 Å². The number of nitrogens with one attached hydrogen (secondary N) is 2. The lowest BCUT2D eigenvalue weighted by Crippen LogP contribution is -2.40. The Morgan fingerprint density at radius 1 is 1.18 bits per heavy atom. The fourth-order valence-corrected chi connectivity index (χ4v) is 5.08. The lowest BCUT2D eigenvalue weighted by Gasteiger charge is -2.32. The molecule has 1 amide bonds. The molecule has 9 nitrogen and oxygen atoms in total. The molecule has 3 heterocycles. The predicted octanol–water partition coefficient (Wildman–Crippen LogP) is 4.70. The first-order chi connectivity index (χ1) is 19.4. The van der Waals surface area contributed by atoms with Crippen molar-refractivity contribution >= 4 is 23.1 Å². The monoisotopic (exact) mass is 545 g/mol. The topological polar surface area (TPSA) is 108 Å². The number of benzene rings is 2. The van der Waals surface area contributed by atoms with Crippen molar-refractivity contribution in [2.24, 2.45) is 5.92 Å². The zero-order valence-electron chi connectivity index (χ0n) is 22.2. The highest BCUT2D eigenvalue weighted by Crippen LogP contribution is 2.32. The number of amides is 1. The number of likely N-dealkylation sites (tertiary alicyclic amines) is 1. The van der Waals surface area contributed by atoms with Crippen molar-refractivity contribution in [1.29, 1.82) is 5.26 Å². The number of hydrogen-bond acceptors (Lipinski definition) is 7. The Balaban J connectivity index is 1.36. The maximum atomic E-state index is 14.9. The number of carbonyl (C=O) groups is 1. The number of nitriles is 1. The van der Waals surface area contributed by atoms with E-state index in [0.29, 0.717) is 34.3 Å². The van der Waals surface area contributed by atoms with Gasteiger partial charge in [-0.2, -0.15) is 9.65 Å². The zero-order valence-corrected chi connectivity index (χ0v) is 22.2. The molecule has 0 bridgehead atoms. The standard InChI is InChI=1S/C29H29F2N7O2/c1-18-15-20(3-4-21(18)29(39)37-11-7-19(8-12-37)16-33-2)36-27-28-35-17-23(38(28)13-10-34-27)22-5-6-24(40-14-9-32)26(31)25(22)30/h3-6,10,13,15,17,19,33H,7-8,11-12,14,16H2,1-2H3,(H,34,36). The van der Waals surface area contributed by atoms with Gasteiger partial charge in [-0.3, -0.25) is 9.20 Å². The molecule has 206 valence electrons. The summed E-state index contributed by atoms with van der Waals surface area (Å²) in [5.74, 6) is -1.58. The van der Waals surface area contributed by atoms with Crippen molar-refractivity contribution in [2.75, 3.05) is 38.6 Å². The second-order valence-corrected chi connectivity index (χ2v) is 9.75. The van der Waals surface area contributed by atoms with E-state index in [0.717, 1.165) is 38.0 Å². The van der Waals surface area contributed by atoms with Crippen LogP contribution in [0, 0.1) is 35.8 Å². The van der Waals surface area contributed by atoms with Gasteiger partial charge in [0.2, 0.25) is 5.82 Å². The number of anilines is 2. The molecule has 1 aliphatic heterocycles. The van der Waals surface area contributed by atoms with E-state index in [2.05, 4.69) is 20.6 Å². The van der Waals surface area contributed by atoms with E-state index < -0.39 is 18.2 Å². The highest BCUT2D eigenvalue weighted by Gasteiger charge is 2.24. The molecule has 2 aromatic carbocycles. The SMILES string of the molecule is CNCC1CCN(C(=O)c2ccc(Nc3nccn4c(-c5ccc(OCC#N)c(F)c5F)cnc34)cc2C)CC1. The van der Waals surface area contributed by atoms with Gasteiger partial charge in [-0.15, -0.1) is 0 Å². The molecule has 0 atom stereocenters. The molecule has 4 aromatic rings. The maximum Gasteiger partial charge on any atom is 0.254 e. The van der Waals surface area contributed by atoms with Gasteiger partial charge in [-0.25, -0.2) is 14.4 Å². The van der Waals surface area contributed by atoms with E-state index in [1.165, 1.54) is 24.5 Å². The van der Waals surface area contributed by atoms with Crippen molar-refractivity contribution < 1.29 is 18.3 Å². The summed E-state index contributed by atoms with van der Waals surface area (Å²) in [5, 5.41) is 15.1. The largest absolute Gasteiger partial charge is 0.476 e. The van der Waals surface area contributed by atoms with Crippen molar-refractivity contribution in [1.82, 2.24) is 24.6 Å². The number of hydrogen-bond donors (Lipinski definition) is 2. The number of rotatable bonds is 8. The third kappa shape index (κ3) is 5.31. The zero-order chi connectivity index (χ0) is 28.2. The van der Waals surface area contributed by atoms with Crippen molar-refractivity contribution in [2.45, 2.75) is 19.8 Å². The minimum Gasteiger partial charge on any atom is -0.476 e. The second kappa shape index (κ2) is 11.7. The summed E-state index contributed by atoms with van der Waals surface area (Å²) >= 11 is 0. The Kier molecular flexibility index (Phi) is 7.89. The van der Waals surface area contributed by atoms with Gasteiger partial charge in [-0.05, 0) is 75.2 Å². The number of halogens is 2. The lowest BCUT2D eigenvalue weighted by molar-refractivity contribution is 0.0690. The highest BCUT2D eigenvalue weighted by molar-refractivity contribution is 5.96. The fourth-order valence-electron chi connectivity index (χ4n) is 5.08. The Labute approximate surface area is 230 Å². The molecule has 0 unspecified atom stereocenters. The molecule has 1 aliphatic rings. The number of fused-ring (bicyclic) bond motifs is 1. The number of carbonyl (C=O) groups excluding carboxylic acids is 1. The Morgan fingerprint density at radius 3 is 2.70 bits per heavy atom. The summed E-state index contributed by atoms with van der Waals surface area (Å²) in [5.41, 5.74) is 2.91. The van der Waals surface area contributed by atoms with Crippen LogP contribution in [0.15, 0.2) is 48.9 Å². The highest BCUT2D eigenvalue weighted by atomic mass is 19.2. The molecular weight excluding hydrogens is 516 g/mol. The van der Waals surface area contributed by atoms with E-state index >= 15 is 0 Å². The average Bonchev–Trinajstić information content (AvgIpc) is 3.39. The molecule has 1 saturated heterocycles. The quantitative estimate of drug-likeness (QED) is 0.331. The molecule has 0 saturated carbocycles. The number of aryl methyl sites for hydroxylation is 1. The maximum absolute atomic E-state index is 14.9. The third-order valence-corrected chi connectivity index (χ3v) is 7.16. The molecule has 5 rings (SSSR count). The third-order valence-electron chi connectivity index (χ3n) is 7.16. The van der Waals surface area contributed by atoms with Crippen LogP contribution in [0.3, 0.4) is 0 Å². The van der Waals surface area contributed by atoms with Crippen LogP contribution in [0.1, 0.15) is 28.8 Å². The van der Waals surface area contributed by atoms with Gasteiger partial charge < -0.3 is 20.3 Å². The summed E-state index contributed by atoms with van der Waals surface area (Å²) in [7, 11) is 1.95. The minimum atomic E-state index is -1.18. The van der Waals surface area contributed by atoms with Crippen LogP contribution in [0.5, 0.6) is 5.75 Å². The Hall–Kier alpha value is -4.56. The van der Waals surface area contributed by atoms with Crippen LogP contribution in [0.4, 0.5) is 20.3 Å².